The highest BCUT2D eigenvalue weighted by molar-refractivity contribution is 9.10. The van der Waals surface area contributed by atoms with Crippen molar-refractivity contribution in [2.24, 2.45) is 0 Å². The van der Waals surface area contributed by atoms with Gasteiger partial charge >= 0.3 is 5.69 Å². The Labute approximate surface area is 113 Å². The summed E-state index contributed by atoms with van der Waals surface area (Å²) >= 11 is 3.17. The molecule has 0 bridgehead atoms. The Hall–Kier alpha value is -1.18. The van der Waals surface area contributed by atoms with Crippen LogP contribution in [0.15, 0.2) is 16.6 Å². The van der Waals surface area contributed by atoms with Crippen molar-refractivity contribution in [3.05, 3.63) is 32.3 Å². The van der Waals surface area contributed by atoms with Crippen molar-refractivity contribution in [2.75, 3.05) is 20.3 Å². The lowest BCUT2D eigenvalue weighted by Crippen LogP contribution is -2.09. The molecule has 0 aromatic heterocycles. The van der Waals surface area contributed by atoms with Crippen molar-refractivity contribution in [3.8, 4) is 5.75 Å². The molecule has 1 N–H and O–H groups in total. The zero-order valence-electron chi connectivity index (χ0n) is 10.1. The van der Waals surface area contributed by atoms with Crippen molar-refractivity contribution < 1.29 is 19.5 Å². The third kappa shape index (κ3) is 3.66. The molecule has 1 aromatic rings. The second-order valence-electron chi connectivity index (χ2n) is 3.62. The molecule has 0 fully saturated rings. The number of nitro benzene ring substituents is 1. The molecule has 0 aliphatic rings. The second-order valence-corrected chi connectivity index (χ2v) is 4.53. The fraction of sp³-hybridized carbons (Fsp3) is 0.455. The van der Waals surface area contributed by atoms with E-state index in [0.29, 0.717) is 16.6 Å². The van der Waals surface area contributed by atoms with E-state index in [1.165, 1.54) is 20.1 Å². The first-order valence-electron chi connectivity index (χ1n) is 5.25. The van der Waals surface area contributed by atoms with Crippen LogP contribution < -0.4 is 4.74 Å². The highest BCUT2D eigenvalue weighted by Gasteiger charge is 2.23. The number of nitro groups is 1. The van der Waals surface area contributed by atoms with E-state index in [1.807, 2.05) is 0 Å². The smallest absolute Gasteiger partial charge is 0.312 e. The highest BCUT2D eigenvalue weighted by atomic mass is 79.9. The minimum absolute atomic E-state index is 0.0789. The number of nitrogens with zero attached hydrogens (tertiary/aromatic N) is 1. The molecular weight excluding hydrogens is 306 g/mol. The third-order valence-corrected chi connectivity index (χ3v) is 2.70. The third-order valence-electron chi connectivity index (χ3n) is 2.24. The SMILES string of the molecule is COCCOc1c(C(C)O)cc(Br)cc1[N+](=O)[O-]. The standard InChI is InChI=1S/C11H14BrNO5/c1-7(14)9-5-8(12)6-10(13(15)16)11(9)18-4-3-17-2/h5-7,14H,3-4H2,1-2H3. The summed E-state index contributed by atoms with van der Waals surface area (Å²) in [5.74, 6) is 0.0789. The molecule has 0 saturated carbocycles. The molecule has 0 aliphatic heterocycles. The minimum Gasteiger partial charge on any atom is -0.484 e. The predicted molar refractivity (Wildman–Crippen MR) is 68.8 cm³/mol. The lowest BCUT2D eigenvalue weighted by atomic mass is 10.1. The topological polar surface area (TPSA) is 81.8 Å². The number of halogens is 1. The lowest BCUT2D eigenvalue weighted by molar-refractivity contribution is -0.386. The molecule has 0 radical (unpaired) electrons. The Morgan fingerprint density at radius 2 is 2.17 bits per heavy atom. The Balaban J connectivity index is 3.18. The van der Waals surface area contributed by atoms with Gasteiger partial charge in [0.1, 0.15) is 6.61 Å². The Bertz CT molecular complexity index is 436. The summed E-state index contributed by atoms with van der Waals surface area (Å²) in [5, 5.41) is 20.6. The summed E-state index contributed by atoms with van der Waals surface area (Å²) in [6.45, 7) is 2.01. The first kappa shape index (κ1) is 14.9. The summed E-state index contributed by atoms with van der Waals surface area (Å²) in [4.78, 5) is 10.4. The van der Waals surface area contributed by atoms with Crippen LogP contribution >= 0.6 is 15.9 Å². The van der Waals surface area contributed by atoms with Gasteiger partial charge in [-0.2, -0.15) is 0 Å². The summed E-state index contributed by atoms with van der Waals surface area (Å²) in [5.41, 5.74) is 0.184. The molecule has 1 aromatic carbocycles. The molecule has 0 heterocycles. The summed E-state index contributed by atoms with van der Waals surface area (Å²) < 4.78 is 10.7. The van der Waals surface area contributed by atoms with Gasteiger partial charge in [0, 0.05) is 23.2 Å². The van der Waals surface area contributed by atoms with E-state index in [2.05, 4.69) is 15.9 Å². The van der Waals surface area contributed by atoms with Crippen molar-refractivity contribution in [2.45, 2.75) is 13.0 Å². The number of hydrogen-bond donors (Lipinski definition) is 1. The number of hydrogen-bond acceptors (Lipinski definition) is 5. The van der Waals surface area contributed by atoms with E-state index in [4.69, 9.17) is 9.47 Å². The maximum Gasteiger partial charge on any atom is 0.312 e. The molecule has 100 valence electrons. The van der Waals surface area contributed by atoms with Crippen molar-refractivity contribution in [1.82, 2.24) is 0 Å². The molecule has 1 atom stereocenters. The van der Waals surface area contributed by atoms with Crippen molar-refractivity contribution in [1.29, 1.82) is 0 Å². The van der Waals surface area contributed by atoms with Crippen LogP contribution in [0.5, 0.6) is 5.75 Å². The fourth-order valence-electron chi connectivity index (χ4n) is 1.43. The van der Waals surface area contributed by atoms with E-state index in [-0.39, 0.29) is 18.0 Å². The highest BCUT2D eigenvalue weighted by Crippen LogP contribution is 2.37. The summed E-state index contributed by atoms with van der Waals surface area (Å²) in [7, 11) is 1.51. The van der Waals surface area contributed by atoms with Gasteiger partial charge in [-0.05, 0) is 13.0 Å². The fourth-order valence-corrected chi connectivity index (χ4v) is 1.89. The van der Waals surface area contributed by atoms with Crippen LogP contribution in [0.3, 0.4) is 0 Å². The lowest BCUT2D eigenvalue weighted by Gasteiger charge is -2.14. The average molecular weight is 320 g/mol. The van der Waals surface area contributed by atoms with Gasteiger partial charge in [0.2, 0.25) is 5.75 Å². The molecule has 0 aliphatic carbocycles. The molecule has 18 heavy (non-hydrogen) atoms. The van der Waals surface area contributed by atoms with Gasteiger partial charge < -0.3 is 14.6 Å². The zero-order valence-corrected chi connectivity index (χ0v) is 11.6. The summed E-state index contributed by atoms with van der Waals surface area (Å²) in [6.07, 6.45) is -0.862. The summed E-state index contributed by atoms with van der Waals surface area (Å²) in [6, 6.07) is 2.94. The van der Waals surface area contributed by atoms with E-state index >= 15 is 0 Å². The number of aliphatic hydroxyl groups is 1. The first-order chi connectivity index (χ1) is 8.47. The van der Waals surface area contributed by atoms with Crippen LogP contribution in [-0.4, -0.2) is 30.4 Å². The van der Waals surface area contributed by atoms with Crippen LogP contribution in [0.4, 0.5) is 5.69 Å². The van der Waals surface area contributed by atoms with Gasteiger partial charge in [-0.25, -0.2) is 0 Å². The number of benzene rings is 1. The molecule has 6 nitrogen and oxygen atoms in total. The Morgan fingerprint density at radius 1 is 1.50 bits per heavy atom. The number of methoxy groups -OCH3 is 1. The average Bonchev–Trinajstić information content (AvgIpc) is 2.30. The van der Waals surface area contributed by atoms with E-state index < -0.39 is 11.0 Å². The van der Waals surface area contributed by atoms with Gasteiger partial charge in [-0.3, -0.25) is 10.1 Å². The van der Waals surface area contributed by atoms with Crippen molar-refractivity contribution >= 4 is 21.6 Å². The number of rotatable bonds is 6. The first-order valence-corrected chi connectivity index (χ1v) is 6.04. The molecular formula is C11H14BrNO5. The van der Waals surface area contributed by atoms with Crippen LogP contribution in [0, 0.1) is 10.1 Å². The van der Waals surface area contributed by atoms with Crippen molar-refractivity contribution in [3.63, 3.8) is 0 Å². The normalized spacial score (nSPS) is 12.2. The molecule has 7 heteroatoms. The van der Waals surface area contributed by atoms with Crippen LogP contribution in [-0.2, 0) is 4.74 Å². The molecule has 0 spiro atoms. The maximum atomic E-state index is 11.0. The van der Waals surface area contributed by atoms with Gasteiger partial charge in [-0.15, -0.1) is 0 Å². The number of ether oxygens (including phenoxy) is 2. The van der Waals surface area contributed by atoms with Crippen LogP contribution in [0.1, 0.15) is 18.6 Å². The molecule has 1 rings (SSSR count). The Kier molecular flexibility index (Phi) is 5.52. The maximum absolute atomic E-state index is 11.0. The Morgan fingerprint density at radius 3 is 2.67 bits per heavy atom. The minimum atomic E-state index is -0.862. The van der Waals surface area contributed by atoms with E-state index in [9.17, 15) is 15.2 Å². The van der Waals surface area contributed by atoms with Crippen LogP contribution in [0.25, 0.3) is 0 Å². The van der Waals surface area contributed by atoms with E-state index in [1.54, 1.807) is 6.07 Å². The molecule has 0 saturated heterocycles. The molecule has 0 amide bonds. The van der Waals surface area contributed by atoms with Gasteiger partial charge in [0.25, 0.3) is 0 Å². The zero-order chi connectivity index (χ0) is 13.7. The predicted octanol–water partition coefficient (Wildman–Crippen LogP) is 2.44. The van der Waals surface area contributed by atoms with Gasteiger partial charge in [-0.1, -0.05) is 15.9 Å². The quantitative estimate of drug-likeness (QED) is 0.494. The molecule has 1 unspecified atom stereocenters. The number of aliphatic hydroxyl groups excluding tert-OH is 1. The van der Waals surface area contributed by atoms with E-state index in [0.717, 1.165) is 0 Å². The monoisotopic (exact) mass is 319 g/mol. The second kappa shape index (κ2) is 6.67. The van der Waals surface area contributed by atoms with Crippen LogP contribution in [0.2, 0.25) is 0 Å². The van der Waals surface area contributed by atoms with Gasteiger partial charge in [0.05, 0.1) is 17.6 Å². The van der Waals surface area contributed by atoms with Gasteiger partial charge in [0.15, 0.2) is 0 Å². The largest absolute Gasteiger partial charge is 0.484 e.